The maximum Gasteiger partial charge on any atom is 0.279 e. The Kier molecular flexibility index (Phi) is 6.06. The molecular weight excluding hydrogens is 362 g/mol. The van der Waals surface area contributed by atoms with E-state index in [2.05, 4.69) is 38.9 Å². The highest BCUT2D eigenvalue weighted by atomic mass is 32.2. The summed E-state index contributed by atoms with van der Waals surface area (Å²) >= 11 is 0. The third-order valence-corrected chi connectivity index (χ3v) is 6.18. The van der Waals surface area contributed by atoms with Crippen molar-refractivity contribution < 1.29 is 8.42 Å². The number of hydrogen-bond donors (Lipinski definition) is 1. The van der Waals surface area contributed by atoms with Gasteiger partial charge in [0, 0.05) is 45.8 Å². The Morgan fingerprint density at radius 3 is 2.74 bits per heavy atom. The zero-order chi connectivity index (χ0) is 19.3. The molecule has 0 unspecified atom stereocenters. The molecule has 0 fully saturated rings. The lowest BCUT2D eigenvalue weighted by atomic mass is 10.00. The smallest absolute Gasteiger partial charge is 0.279 e. The number of hydrogen-bond acceptors (Lipinski definition) is 5. The van der Waals surface area contributed by atoms with Crippen LogP contribution in [-0.4, -0.2) is 37.8 Å². The molecule has 0 saturated heterocycles. The fourth-order valence-electron chi connectivity index (χ4n) is 3.01. The number of nitriles is 1. The normalized spacial score (nSPS) is 14.0. The quantitative estimate of drug-likeness (QED) is 0.785. The lowest BCUT2D eigenvalue weighted by molar-refractivity contribution is 0.464. The molecular formula is C19H23N5O2S. The molecule has 2 heterocycles. The van der Waals surface area contributed by atoms with Crippen molar-refractivity contribution in [1.29, 1.82) is 5.26 Å². The first-order chi connectivity index (χ1) is 13.0. The first kappa shape index (κ1) is 19.3. The Morgan fingerprint density at radius 1 is 1.26 bits per heavy atom. The molecule has 0 aliphatic carbocycles. The second-order valence-electron chi connectivity index (χ2n) is 6.52. The summed E-state index contributed by atoms with van der Waals surface area (Å²) in [5.41, 5.74) is 3.50. The standard InChI is InChI=1S/C19H23N5O2S/c1-23(11-4-10-20)27(25,26)22-14-16-7-8-19(21-13-16)24-12-9-17-5-2-3-6-18(17)15-24/h2-3,5-8,13,22H,4,9,11-12,14-15H2,1H3. The van der Waals surface area contributed by atoms with Gasteiger partial charge < -0.3 is 4.90 Å². The molecule has 0 radical (unpaired) electrons. The average molecular weight is 385 g/mol. The fraction of sp³-hybridized carbons (Fsp3) is 0.368. The predicted molar refractivity (Wildman–Crippen MR) is 104 cm³/mol. The Bertz CT molecular complexity index is 922. The molecule has 8 heteroatoms. The van der Waals surface area contributed by atoms with E-state index in [4.69, 9.17) is 5.26 Å². The van der Waals surface area contributed by atoms with Crippen LogP contribution in [0.25, 0.3) is 0 Å². The predicted octanol–water partition coefficient (Wildman–Crippen LogP) is 1.82. The molecule has 0 atom stereocenters. The highest BCUT2D eigenvalue weighted by Crippen LogP contribution is 2.23. The summed E-state index contributed by atoms with van der Waals surface area (Å²) in [7, 11) is -2.15. The molecule has 142 valence electrons. The van der Waals surface area contributed by atoms with Gasteiger partial charge in [-0.05, 0) is 29.2 Å². The van der Waals surface area contributed by atoms with Gasteiger partial charge in [-0.1, -0.05) is 30.3 Å². The molecule has 7 nitrogen and oxygen atoms in total. The summed E-state index contributed by atoms with van der Waals surface area (Å²) in [4.78, 5) is 6.73. The van der Waals surface area contributed by atoms with Crippen LogP contribution in [0.3, 0.4) is 0 Å². The van der Waals surface area contributed by atoms with E-state index in [0.717, 1.165) is 35.2 Å². The van der Waals surface area contributed by atoms with Gasteiger partial charge in [0.25, 0.3) is 10.2 Å². The van der Waals surface area contributed by atoms with E-state index < -0.39 is 10.2 Å². The van der Waals surface area contributed by atoms with Gasteiger partial charge in [-0.25, -0.2) is 4.98 Å². The Hall–Kier alpha value is -2.47. The van der Waals surface area contributed by atoms with Gasteiger partial charge in [-0.3, -0.25) is 0 Å². The molecule has 0 saturated carbocycles. The molecule has 1 N–H and O–H groups in total. The van der Waals surface area contributed by atoms with Gasteiger partial charge in [0.05, 0.1) is 6.07 Å². The molecule has 0 amide bonds. The van der Waals surface area contributed by atoms with Gasteiger partial charge in [0.2, 0.25) is 0 Å². The van der Waals surface area contributed by atoms with Crippen molar-refractivity contribution in [2.24, 2.45) is 0 Å². The highest BCUT2D eigenvalue weighted by Gasteiger charge is 2.18. The second kappa shape index (κ2) is 8.48. The van der Waals surface area contributed by atoms with E-state index in [1.54, 1.807) is 6.20 Å². The van der Waals surface area contributed by atoms with Gasteiger partial charge in [-0.2, -0.15) is 22.7 Å². The van der Waals surface area contributed by atoms with Crippen LogP contribution in [0, 0.1) is 11.3 Å². The van der Waals surface area contributed by atoms with Crippen molar-refractivity contribution >= 4 is 16.0 Å². The number of rotatable bonds is 7. The Labute approximate surface area is 160 Å². The van der Waals surface area contributed by atoms with Crippen molar-refractivity contribution in [3.63, 3.8) is 0 Å². The van der Waals surface area contributed by atoms with E-state index in [9.17, 15) is 8.42 Å². The minimum atomic E-state index is -3.60. The number of anilines is 1. The van der Waals surface area contributed by atoms with Crippen LogP contribution in [0.4, 0.5) is 5.82 Å². The van der Waals surface area contributed by atoms with Crippen molar-refractivity contribution in [3.05, 3.63) is 59.3 Å². The van der Waals surface area contributed by atoms with Crippen LogP contribution in [0.5, 0.6) is 0 Å². The van der Waals surface area contributed by atoms with Gasteiger partial charge in [0.15, 0.2) is 0 Å². The van der Waals surface area contributed by atoms with Crippen molar-refractivity contribution in [2.75, 3.05) is 25.0 Å². The van der Waals surface area contributed by atoms with Gasteiger partial charge in [-0.15, -0.1) is 0 Å². The molecule has 1 aliphatic rings. The molecule has 0 bridgehead atoms. The lowest BCUT2D eigenvalue weighted by Crippen LogP contribution is -2.38. The van der Waals surface area contributed by atoms with Crippen LogP contribution < -0.4 is 9.62 Å². The third-order valence-electron chi connectivity index (χ3n) is 4.67. The Morgan fingerprint density at radius 2 is 2.04 bits per heavy atom. The Balaban J connectivity index is 1.59. The zero-order valence-electron chi connectivity index (χ0n) is 15.3. The maximum atomic E-state index is 12.1. The molecule has 1 aromatic carbocycles. The molecule has 2 aromatic rings. The topological polar surface area (TPSA) is 89.3 Å². The van der Waals surface area contributed by atoms with E-state index in [-0.39, 0.29) is 19.5 Å². The number of pyridine rings is 1. The maximum absolute atomic E-state index is 12.1. The SMILES string of the molecule is CN(CCC#N)S(=O)(=O)NCc1ccc(N2CCc3ccccc3C2)nc1. The second-order valence-corrected chi connectivity index (χ2v) is 8.38. The van der Waals surface area contributed by atoms with Crippen LogP contribution in [0.1, 0.15) is 23.1 Å². The number of aromatic nitrogens is 1. The van der Waals surface area contributed by atoms with Crippen molar-refractivity contribution in [3.8, 4) is 6.07 Å². The van der Waals surface area contributed by atoms with E-state index >= 15 is 0 Å². The average Bonchev–Trinajstić information content (AvgIpc) is 2.70. The molecule has 1 aromatic heterocycles. The minimum absolute atomic E-state index is 0.159. The third kappa shape index (κ3) is 4.83. The van der Waals surface area contributed by atoms with Gasteiger partial charge >= 0.3 is 0 Å². The first-order valence-electron chi connectivity index (χ1n) is 8.84. The van der Waals surface area contributed by atoms with Crippen LogP contribution in [0.15, 0.2) is 42.6 Å². The summed E-state index contributed by atoms with van der Waals surface area (Å²) in [6.45, 7) is 2.08. The summed E-state index contributed by atoms with van der Waals surface area (Å²) in [6.07, 6.45) is 2.86. The van der Waals surface area contributed by atoms with Crippen LogP contribution >= 0.6 is 0 Å². The summed E-state index contributed by atoms with van der Waals surface area (Å²) in [5, 5.41) is 8.57. The minimum Gasteiger partial charge on any atom is -0.352 e. The van der Waals surface area contributed by atoms with E-state index in [1.165, 1.54) is 18.2 Å². The van der Waals surface area contributed by atoms with E-state index in [0.29, 0.717) is 0 Å². The van der Waals surface area contributed by atoms with Crippen LogP contribution in [0.2, 0.25) is 0 Å². The zero-order valence-corrected chi connectivity index (χ0v) is 16.1. The summed E-state index contributed by atoms with van der Waals surface area (Å²) < 4.78 is 27.9. The van der Waals surface area contributed by atoms with E-state index in [1.807, 2.05) is 18.2 Å². The number of nitrogens with one attached hydrogen (secondary N) is 1. The molecule has 3 rings (SSSR count). The molecule has 0 spiro atoms. The van der Waals surface area contributed by atoms with Crippen molar-refractivity contribution in [1.82, 2.24) is 14.0 Å². The summed E-state index contributed by atoms with van der Waals surface area (Å²) in [5.74, 6) is 0.891. The number of fused-ring (bicyclic) bond motifs is 1. The number of benzene rings is 1. The first-order valence-corrected chi connectivity index (χ1v) is 10.3. The largest absolute Gasteiger partial charge is 0.352 e. The summed E-state index contributed by atoms with van der Waals surface area (Å²) in [6, 6.07) is 14.2. The highest BCUT2D eigenvalue weighted by molar-refractivity contribution is 7.87. The fourth-order valence-corrected chi connectivity index (χ4v) is 3.91. The lowest BCUT2D eigenvalue weighted by Gasteiger charge is -2.29. The van der Waals surface area contributed by atoms with Crippen molar-refractivity contribution in [2.45, 2.75) is 25.9 Å². The van der Waals surface area contributed by atoms with Crippen LogP contribution in [-0.2, 0) is 29.7 Å². The number of nitrogens with zero attached hydrogens (tertiary/aromatic N) is 4. The monoisotopic (exact) mass is 385 g/mol. The molecule has 27 heavy (non-hydrogen) atoms. The van der Waals surface area contributed by atoms with Gasteiger partial charge in [0.1, 0.15) is 5.82 Å². The molecule has 1 aliphatic heterocycles.